The Balaban J connectivity index is 2.06. The number of nitrogens with one attached hydrogen (secondary N) is 1. The minimum atomic E-state index is -0.108. The molecule has 0 saturated carbocycles. The molecule has 4 nitrogen and oxygen atoms in total. The van der Waals surface area contributed by atoms with Crippen molar-refractivity contribution in [2.75, 3.05) is 6.61 Å². The SMILES string of the molecule is NNC(=O)CCCCCOc1cccc(I)c1. The molecule has 17 heavy (non-hydrogen) atoms. The summed E-state index contributed by atoms with van der Waals surface area (Å²) < 4.78 is 6.76. The summed E-state index contributed by atoms with van der Waals surface area (Å²) in [5.74, 6) is 5.77. The fourth-order valence-electron chi connectivity index (χ4n) is 1.38. The second-order valence-electron chi connectivity index (χ2n) is 3.68. The molecule has 1 aromatic rings. The van der Waals surface area contributed by atoms with Crippen molar-refractivity contribution >= 4 is 28.5 Å². The molecule has 1 amide bonds. The van der Waals surface area contributed by atoms with Crippen molar-refractivity contribution in [3.63, 3.8) is 0 Å². The molecule has 0 aliphatic rings. The van der Waals surface area contributed by atoms with E-state index < -0.39 is 0 Å². The number of unbranched alkanes of at least 4 members (excludes halogenated alkanes) is 2. The predicted molar refractivity (Wildman–Crippen MR) is 75.5 cm³/mol. The number of amides is 1. The van der Waals surface area contributed by atoms with Gasteiger partial charge in [-0.25, -0.2) is 5.84 Å². The lowest BCUT2D eigenvalue weighted by Crippen LogP contribution is -2.29. The average molecular weight is 348 g/mol. The highest BCUT2D eigenvalue weighted by Crippen LogP contribution is 2.15. The summed E-state index contributed by atoms with van der Waals surface area (Å²) in [4.78, 5) is 10.8. The Labute approximate surface area is 115 Å². The van der Waals surface area contributed by atoms with Crippen LogP contribution in [0.2, 0.25) is 0 Å². The van der Waals surface area contributed by atoms with Crippen LogP contribution in [0.3, 0.4) is 0 Å². The Hall–Kier alpha value is -0.820. The van der Waals surface area contributed by atoms with Gasteiger partial charge in [-0.2, -0.15) is 0 Å². The molecule has 0 aliphatic heterocycles. The molecule has 0 aliphatic carbocycles. The molecule has 94 valence electrons. The summed E-state index contributed by atoms with van der Waals surface area (Å²) in [6.45, 7) is 0.685. The second-order valence-corrected chi connectivity index (χ2v) is 4.93. The smallest absolute Gasteiger partial charge is 0.233 e. The van der Waals surface area contributed by atoms with Crippen LogP contribution in [-0.4, -0.2) is 12.5 Å². The maximum Gasteiger partial charge on any atom is 0.233 e. The van der Waals surface area contributed by atoms with Crippen LogP contribution in [0.4, 0.5) is 0 Å². The lowest BCUT2D eigenvalue weighted by Gasteiger charge is -2.06. The topological polar surface area (TPSA) is 64.3 Å². The van der Waals surface area contributed by atoms with Crippen LogP contribution in [0.15, 0.2) is 24.3 Å². The zero-order valence-electron chi connectivity index (χ0n) is 9.62. The Morgan fingerprint density at radius 1 is 1.35 bits per heavy atom. The summed E-state index contributed by atoms with van der Waals surface area (Å²) in [6.07, 6.45) is 3.25. The first-order valence-corrected chi connectivity index (χ1v) is 6.68. The molecule has 0 bridgehead atoms. The first kappa shape index (κ1) is 14.2. The zero-order valence-corrected chi connectivity index (χ0v) is 11.8. The number of hydrogen-bond donors (Lipinski definition) is 2. The number of hydrazine groups is 1. The summed E-state index contributed by atoms with van der Waals surface area (Å²) >= 11 is 2.25. The third-order valence-electron chi connectivity index (χ3n) is 2.27. The third-order valence-corrected chi connectivity index (χ3v) is 2.94. The number of hydrogen-bond acceptors (Lipinski definition) is 3. The fourth-order valence-corrected chi connectivity index (χ4v) is 1.90. The van der Waals surface area contributed by atoms with Gasteiger partial charge in [-0.1, -0.05) is 6.07 Å². The summed E-state index contributed by atoms with van der Waals surface area (Å²) in [5.41, 5.74) is 2.12. The van der Waals surface area contributed by atoms with Gasteiger partial charge in [-0.3, -0.25) is 10.2 Å². The standard InChI is InChI=1S/C12H17IN2O2/c13-10-5-4-6-11(9-10)17-8-3-1-2-7-12(16)15-14/h4-6,9H,1-3,7-8,14H2,(H,15,16). The van der Waals surface area contributed by atoms with Gasteiger partial charge < -0.3 is 4.74 Å². The van der Waals surface area contributed by atoms with E-state index in [1.165, 1.54) is 3.57 Å². The van der Waals surface area contributed by atoms with E-state index in [9.17, 15) is 4.79 Å². The van der Waals surface area contributed by atoms with Gasteiger partial charge in [0.2, 0.25) is 5.91 Å². The molecular weight excluding hydrogens is 331 g/mol. The minimum Gasteiger partial charge on any atom is -0.494 e. The van der Waals surface area contributed by atoms with Crippen molar-refractivity contribution in [1.82, 2.24) is 5.43 Å². The lowest BCUT2D eigenvalue weighted by molar-refractivity contribution is -0.121. The molecule has 0 atom stereocenters. The van der Waals surface area contributed by atoms with Crippen molar-refractivity contribution in [3.05, 3.63) is 27.8 Å². The van der Waals surface area contributed by atoms with E-state index in [1.807, 2.05) is 24.3 Å². The number of carbonyl (C=O) groups is 1. The maximum absolute atomic E-state index is 10.8. The molecule has 0 unspecified atom stereocenters. The second kappa shape index (κ2) is 8.30. The van der Waals surface area contributed by atoms with E-state index in [-0.39, 0.29) is 5.91 Å². The molecule has 1 aromatic carbocycles. The van der Waals surface area contributed by atoms with E-state index in [4.69, 9.17) is 10.6 Å². The molecule has 0 radical (unpaired) electrons. The fraction of sp³-hybridized carbons (Fsp3) is 0.417. The Morgan fingerprint density at radius 2 is 2.18 bits per heavy atom. The van der Waals surface area contributed by atoms with Gasteiger partial charge in [0.05, 0.1) is 6.61 Å². The first-order chi connectivity index (χ1) is 8.22. The number of benzene rings is 1. The molecule has 0 heterocycles. The quantitative estimate of drug-likeness (QED) is 0.261. The lowest BCUT2D eigenvalue weighted by atomic mass is 10.2. The van der Waals surface area contributed by atoms with Crippen LogP contribution >= 0.6 is 22.6 Å². The van der Waals surface area contributed by atoms with Crippen LogP contribution in [0.5, 0.6) is 5.75 Å². The summed E-state index contributed by atoms with van der Waals surface area (Å²) in [5, 5.41) is 0. The highest BCUT2D eigenvalue weighted by molar-refractivity contribution is 14.1. The van der Waals surface area contributed by atoms with Gasteiger partial charge >= 0.3 is 0 Å². The number of ether oxygens (including phenoxy) is 1. The van der Waals surface area contributed by atoms with Crippen LogP contribution < -0.4 is 16.0 Å². The van der Waals surface area contributed by atoms with Crippen LogP contribution in [0.1, 0.15) is 25.7 Å². The zero-order chi connectivity index (χ0) is 12.5. The highest BCUT2D eigenvalue weighted by Gasteiger charge is 1.98. The highest BCUT2D eigenvalue weighted by atomic mass is 127. The number of rotatable bonds is 7. The number of halogens is 1. The molecule has 0 spiro atoms. The van der Waals surface area contributed by atoms with Crippen LogP contribution in [0, 0.1) is 3.57 Å². The predicted octanol–water partition coefficient (Wildman–Crippen LogP) is 2.22. The number of nitrogens with two attached hydrogens (primary N) is 1. The maximum atomic E-state index is 10.8. The first-order valence-electron chi connectivity index (χ1n) is 5.60. The van der Waals surface area contributed by atoms with Gasteiger partial charge in [0.15, 0.2) is 0 Å². The van der Waals surface area contributed by atoms with E-state index in [2.05, 4.69) is 28.0 Å². The van der Waals surface area contributed by atoms with E-state index in [1.54, 1.807) is 0 Å². The van der Waals surface area contributed by atoms with Crippen LogP contribution in [-0.2, 0) is 4.79 Å². The largest absolute Gasteiger partial charge is 0.494 e. The van der Waals surface area contributed by atoms with Crippen molar-refractivity contribution in [2.45, 2.75) is 25.7 Å². The molecular formula is C12H17IN2O2. The molecule has 5 heteroatoms. The van der Waals surface area contributed by atoms with Crippen LogP contribution in [0.25, 0.3) is 0 Å². The van der Waals surface area contributed by atoms with Crippen molar-refractivity contribution in [2.24, 2.45) is 5.84 Å². The molecule has 1 rings (SSSR count). The van der Waals surface area contributed by atoms with Gasteiger partial charge in [-0.05, 0) is 60.1 Å². The van der Waals surface area contributed by atoms with Crippen molar-refractivity contribution < 1.29 is 9.53 Å². The molecule has 0 saturated heterocycles. The molecule has 0 fully saturated rings. The van der Waals surface area contributed by atoms with Gasteiger partial charge in [0.25, 0.3) is 0 Å². The Bertz CT molecular complexity index is 358. The monoisotopic (exact) mass is 348 g/mol. The molecule has 3 N–H and O–H groups in total. The third kappa shape index (κ3) is 6.48. The number of carbonyl (C=O) groups excluding carboxylic acids is 1. The van der Waals surface area contributed by atoms with Gasteiger partial charge in [-0.15, -0.1) is 0 Å². The van der Waals surface area contributed by atoms with Crippen molar-refractivity contribution in [3.8, 4) is 5.75 Å². The van der Waals surface area contributed by atoms with Gasteiger partial charge in [0, 0.05) is 9.99 Å². The van der Waals surface area contributed by atoms with Crippen molar-refractivity contribution in [1.29, 1.82) is 0 Å². The van der Waals surface area contributed by atoms with E-state index in [0.29, 0.717) is 13.0 Å². The normalized spacial score (nSPS) is 10.0. The summed E-state index contributed by atoms with van der Waals surface area (Å²) in [6, 6.07) is 7.95. The van der Waals surface area contributed by atoms with E-state index >= 15 is 0 Å². The van der Waals surface area contributed by atoms with E-state index in [0.717, 1.165) is 25.0 Å². The minimum absolute atomic E-state index is 0.108. The Kier molecular flexibility index (Phi) is 6.95. The Morgan fingerprint density at radius 3 is 2.88 bits per heavy atom. The summed E-state index contributed by atoms with van der Waals surface area (Å²) in [7, 11) is 0. The van der Waals surface area contributed by atoms with Gasteiger partial charge in [0.1, 0.15) is 5.75 Å². The molecule has 0 aromatic heterocycles. The average Bonchev–Trinajstić information content (AvgIpc) is 2.33.